The molecule has 1 fully saturated rings. The van der Waals surface area contributed by atoms with Crippen LogP contribution < -0.4 is 5.32 Å². The standard InChI is InChI=1S/C13H19N3O4S/c1-3-9-5-14-11(21-9)7(2)15-13(20)16-6-8(17)4-10(16)12(18)19/h5,7-8,10,17H,3-4,6H2,1-2H3,(H,15,20)(H,18,19). The second kappa shape index (κ2) is 6.40. The highest BCUT2D eigenvalue weighted by Gasteiger charge is 2.39. The zero-order chi connectivity index (χ0) is 15.6. The molecule has 21 heavy (non-hydrogen) atoms. The second-order valence-corrected chi connectivity index (χ2v) is 6.23. The number of aliphatic hydroxyl groups excluding tert-OH is 1. The SMILES string of the molecule is CCc1cnc(C(C)NC(=O)N2CC(O)CC2C(=O)O)s1. The molecule has 3 unspecified atom stereocenters. The van der Waals surface area contributed by atoms with Gasteiger partial charge >= 0.3 is 12.0 Å². The summed E-state index contributed by atoms with van der Waals surface area (Å²) in [7, 11) is 0. The second-order valence-electron chi connectivity index (χ2n) is 5.09. The van der Waals surface area contributed by atoms with Gasteiger partial charge in [0.05, 0.1) is 12.1 Å². The number of nitrogens with one attached hydrogen (secondary N) is 1. The van der Waals surface area contributed by atoms with Crippen LogP contribution >= 0.6 is 11.3 Å². The summed E-state index contributed by atoms with van der Waals surface area (Å²) in [5.74, 6) is -1.10. The van der Waals surface area contributed by atoms with Gasteiger partial charge in [0.25, 0.3) is 0 Å². The lowest BCUT2D eigenvalue weighted by Gasteiger charge is -2.23. The summed E-state index contributed by atoms with van der Waals surface area (Å²) in [6, 6.07) is -1.76. The molecule has 1 aromatic heterocycles. The Hall–Kier alpha value is -1.67. The molecule has 2 heterocycles. The first-order valence-corrected chi connectivity index (χ1v) is 7.66. The number of aromatic nitrogens is 1. The number of hydrogen-bond acceptors (Lipinski definition) is 5. The molecule has 2 rings (SSSR count). The minimum Gasteiger partial charge on any atom is -0.480 e. The van der Waals surface area contributed by atoms with E-state index in [9.17, 15) is 14.7 Å². The Kier molecular flexibility index (Phi) is 4.79. The lowest BCUT2D eigenvalue weighted by Crippen LogP contribution is -2.46. The predicted octanol–water partition coefficient (Wildman–Crippen LogP) is 0.996. The van der Waals surface area contributed by atoms with E-state index in [1.165, 1.54) is 11.3 Å². The van der Waals surface area contributed by atoms with E-state index in [4.69, 9.17) is 5.11 Å². The highest BCUT2D eigenvalue weighted by molar-refractivity contribution is 7.11. The fourth-order valence-electron chi connectivity index (χ4n) is 2.29. The van der Waals surface area contributed by atoms with Crippen LogP contribution in [0.25, 0.3) is 0 Å². The zero-order valence-corrected chi connectivity index (χ0v) is 12.8. The highest BCUT2D eigenvalue weighted by atomic mass is 32.1. The van der Waals surface area contributed by atoms with E-state index in [1.54, 1.807) is 13.1 Å². The van der Waals surface area contributed by atoms with Crippen molar-refractivity contribution in [2.75, 3.05) is 6.54 Å². The van der Waals surface area contributed by atoms with E-state index in [0.29, 0.717) is 0 Å². The Morgan fingerprint density at radius 1 is 1.62 bits per heavy atom. The Labute approximate surface area is 126 Å². The third-order valence-corrected chi connectivity index (χ3v) is 4.78. The predicted molar refractivity (Wildman–Crippen MR) is 77.2 cm³/mol. The minimum atomic E-state index is -1.10. The fourth-order valence-corrected chi connectivity index (χ4v) is 3.15. The number of thiazole rings is 1. The van der Waals surface area contributed by atoms with Gasteiger partial charge in [-0.3, -0.25) is 0 Å². The van der Waals surface area contributed by atoms with Gasteiger partial charge < -0.3 is 20.4 Å². The van der Waals surface area contributed by atoms with Crippen molar-refractivity contribution in [2.24, 2.45) is 0 Å². The molecule has 1 aliphatic heterocycles. The number of nitrogens with zero attached hydrogens (tertiary/aromatic N) is 2. The normalized spacial score (nSPS) is 23.1. The van der Waals surface area contributed by atoms with Crippen molar-refractivity contribution in [2.45, 2.75) is 44.9 Å². The number of aryl methyl sites for hydroxylation is 1. The van der Waals surface area contributed by atoms with E-state index in [2.05, 4.69) is 10.3 Å². The van der Waals surface area contributed by atoms with Crippen LogP contribution in [0, 0.1) is 0 Å². The largest absolute Gasteiger partial charge is 0.480 e. The average Bonchev–Trinajstić information content (AvgIpc) is 3.04. The average molecular weight is 313 g/mol. The highest BCUT2D eigenvalue weighted by Crippen LogP contribution is 2.22. The molecular weight excluding hydrogens is 294 g/mol. The summed E-state index contributed by atoms with van der Waals surface area (Å²) >= 11 is 1.52. The minimum absolute atomic E-state index is 0.0353. The first-order valence-electron chi connectivity index (χ1n) is 6.85. The van der Waals surface area contributed by atoms with Crippen molar-refractivity contribution in [3.63, 3.8) is 0 Å². The van der Waals surface area contributed by atoms with Crippen LogP contribution in [0.15, 0.2) is 6.20 Å². The van der Waals surface area contributed by atoms with Crippen LogP contribution in [0.4, 0.5) is 4.79 Å². The molecule has 3 atom stereocenters. The van der Waals surface area contributed by atoms with E-state index in [1.807, 2.05) is 6.92 Å². The smallest absolute Gasteiger partial charge is 0.326 e. The number of carboxylic acid groups (broad SMARTS) is 1. The zero-order valence-electron chi connectivity index (χ0n) is 11.9. The van der Waals surface area contributed by atoms with Gasteiger partial charge in [0.2, 0.25) is 0 Å². The first kappa shape index (κ1) is 15.7. The number of urea groups is 1. The summed E-state index contributed by atoms with van der Waals surface area (Å²) in [5, 5.41) is 22.2. The maximum atomic E-state index is 12.2. The Balaban J connectivity index is 2.01. The summed E-state index contributed by atoms with van der Waals surface area (Å²) in [4.78, 5) is 29.9. The first-order chi connectivity index (χ1) is 9.92. The number of carboxylic acids is 1. The molecule has 0 aliphatic carbocycles. The van der Waals surface area contributed by atoms with E-state index >= 15 is 0 Å². The van der Waals surface area contributed by atoms with Crippen LogP contribution in [-0.2, 0) is 11.2 Å². The molecule has 1 saturated heterocycles. The lowest BCUT2D eigenvalue weighted by molar-refractivity contribution is -0.141. The van der Waals surface area contributed by atoms with Gasteiger partial charge in [-0.05, 0) is 13.3 Å². The van der Waals surface area contributed by atoms with Gasteiger partial charge in [0.15, 0.2) is 0 Å². The lowest BCUT2D eigenvalue weighted by atomic mass is 10.2. The Morgan fingerprint density at radius 2 is 2.33 bits per heavy atom. The number of amides is 2. The molecule has 0 saturated carbocycles. The maximum Gasteiger partial charge on any atom is 0.326 e. The van der Waals surface area contributed by atoms with Gasteiger partial charge in [-0.2, -0.15) is 0 Å². The van der Waals surface area contributed by atoms with Gasteiger partial charge in [-0.25, -0.2) is 14.6 Å². The van der Waals surface area contributed by atoms with Crippen molar-refractivity contribution in [3.8, 4) is 0 Å². The summed E-state index contributed by atoms with van der Waals surface area (Å²) in [6.07, 6.45) is 1.94. The molecule has 2 amide bonds. The number of aliphatic carboxylic acids is 1. The number of likely N-dealkylation sites (tertiary alicyclic amines) is 1. The van der Waals surface area contributed by atoms with E-state index in [-0.39, 0.29) is 19.0 Å². The van der Waals surface area contributed by atoms with Crippen molar-refractivity contribution in [1.29, 1.82) is 0 Å². The van der Waals surface area contributed by atoms with Crippen LogP contribution in [-0.4, -0.2) is 50.8 Å². The number of hydrogen-bond donors (Lipinski definition) is 3. The molecule has 8 heteroatoms. The van der Waals surface area contributed by atoms with Crippen LogP contribution in [0.1, 0.15) is 36.2 Å². The van der Waals surface area contributed by atoms with E-state index < -0.39 is 24.1 Å². The molecule has 0 bridgehead atoms. The maximum absolute atomic E-state index is 12.2. The number of rotatable bonds is 4. The van der Waals surface area contributed by atoms with Crippen molar-refractivity contribution in [3.05, 3.63) is 16.1 Å². The summed E-state index contributed by atoms with van der Waals surface area (Å²) in [6.45, 7) is 3.87. The summed E-state index contributed by atoms with van der Waals surface area (Å²) in [5.41, 5.74) is 0. The number of carbonyl (C=O) groups is 2. The molecule has 3 N–H and O–H groups in total. The van der Waals surface area contributed by atoms with Gasteiger partial charge in [-0.1, -0.05) is 6.92 Å². The van der Waals surface area contributed by atoms with Gasteiger partial charge in [0.1, 0.15) is 11.0 Å². The van der Waals surface area contributed by atoms with E-state index in [0.717, 1.165) is 21.2 Å². The molecular formula is C13H19N3O4S. The molecule has 0 radical (unpaired) electrons. The number of carbonyl (C=O) groups excluding carboxylic acids is 1. The van der Waals surface area contributed by atoms with Crippen molar-refractivity contribution < 1.29 is 19.8 Å². The molecule has 0 spiro atoms. The third-order valence-electron chi connectivity index (χ3n) is 3.46. The monoisotopic (exact) mass is 313 g/mol. The number of aliphatic hydroxyl groups is 1. The molecule has 7 nitrogen and oxygen atoms in total. The Bertz CT molecular complexity index is 533. The van der Waals surface area contributed by atoms with Crippen LogP contribution in [0.5, 0.6) is 0 Å². The molecule has 116 valence electrons. The van der Waals surface area contributed by atoms with Crippen LogP contribution in [0.2, 0.25) is 0 Å². The topological polar surface area (TPSA) is 103 Å². The summed E-state index contributed by atoms with van der Waals surface area (Å²) < 4.78 is 0. The third kappa shape index (κ3) is 3.51. The number of β-amino-alcohol motifs (C(OH)–C–C–N with tert-alkyl or cyclic N) is 1. The van der Waals surface area contributed by atoms with Crippen LogP contribution in [0.3, 0.4) is 0 Å². The fraction of sp³-hybridized carbons (Fsp3) is 0.615. The van der Waals surface area contributed by atoms with Crippen molar-refractivity contribution >= 4 is 23.3 Å². The quantitative estimate of drug-likeness (QED) is 0.769. The molecule has 1 aliphatic rings. The van der Waals surface area contributed by atoms with Gasteiger partial charge in [0, 0.05) is 24.0 Å². The molecule has 0 aromatic carbocycles. The van der Waals surface area contributed by atoms with Gasteiger partial charge in [-0.15, -0.1) is 11.3 Å². The van der Waals surface area contributed by atoms with Crippen molar-refractivity contribution in [1.82, 2.24) is 15.2 Å². The molecule has 1 aromatic rings. The Morgan fingerprint density at radius 3 is 2.90 bits per heavy atom.